The van der Waals surface area contributed by atoms with Crippen molar-refractivity contribution in [3.8, 4) is 0 Å². The molecule has 0 spiro atoms. The number of benzene rings is 1. The predicted molar refractivity (Wildman–Crippen MR) is 78.3 cm³/mol. The van der Waals surface area contributed by atoms with Gasteiger partial charge < -0.3 is 9.67 Å². The summed E-state index contributed by atoms with van der Waals surface area (Å²) in [5, 5.41) is 10.4. The zero-order chi connectivity index (χ0) is 13.9. The van der Waals surface area contributed by atoms with Crippen LogP contribution < -0.4 is 0 Å². The highest BCUT2D eigenvalue weighted by atomic mass is 16.3. The lowest BCUT2D eigenvalue weighted by molar-refractivity contribution is 0.0962. The molecule has 0 saturated carbocycles. The third kappa shape index (κ3) is 2.76. The summed E-state index contributed by atoms with van der Waals surface area (Å²) in [6.45, 7) is 5.54. The molecule has 0 saturated heterocycles. The van der Waals surface area contributed by atoms with Crippen LogP contribution in [0.4, 0.5) is 0 Å². The highest BCUT2D eigenvalue weighted by Crippen LogP contribution is 2.18. The summed E-state index contributed by atoms with van der Waals surface area (Å²) in [6.07, 6.45) is 4.47. The van der Waals surface area contributed by atoms with Gasteiger partial charge in [-0.05, 0) is 17.5 Å². The SMILES string of the molecule is CCc1ccc(C(O)CN2CCn3ccnc3C2)cc1. The molecule has 1 aliphatic rings. The minimum absolute atomic E-state index is 0.428. The molecule has 0 radical (unpaired) electrons. The lowest BCUT2D eigenvalue weighted by atomic mass is 10.1. The van der Waals surface area contributed by atoms with Crippen LogP contribution >= 0.6 is 0 Å². The van der Waals surface area contributed by atoms with Crippen molar-refractivity contribution in [1.82, 2.24) is 14.5 Å². The maximum atomic E-state index is 10.4. The third-order valence-corrected chi connectivity index (χ3v) is 4.03. The lowest BCUT2D eigenvalue weighted by Crippen LogP contribution is -2.36. The number of imidazole rings is 1. The summed E-state index contributed by atoms with van der Waals surface area (Å²) in [4.78, 5) is 6.61. The average Bonchev–Trinajstić information content (AvgIpc) is 2.95. The number of fused-ring (bicyclic) bond motifs is 1. The van der Waals surface area contributed by atoms with Crippen molar-refractivity contribution < 1.29 is 5.11 Å². The molecule has 0 bridgehead atoms. The van der Waals surface area contributed by atoms with Gasteiger partial charge in [-0.15, -0.1) is 0 Å². The van der Waals surface area contributed by atoms with E-state index in [2.05, 4.69) is 33.5 Å². The summed E-state index contributed by atoms with van der Waals surface area (Å²) in [5.41, 5.74) is 2.30. The van der Waals surface area contributed by atoms with Crippen molar-refractivity contribution in [1.29, 1.82) is 0 Å². The summed E-state index contributed by atoms with van der Waals surface area (Å²) in [7, 11) is 0. The van der Waals surface area contributed by atoms with Crippen LogP contribution in [0.2, 0.25) is 0 Å². The smallest absolute Gasteiger partial charge is 0.122 e. The fourth-order valence-corrected chi connectivity index (χ4v) is 2.70. The minimum atomic E-state index is -0.428. The molecular weight excluding hydrogens is 250 g/mol. The van der Waals surface area contributed by atoms with E-state index < -0.39 is 6.10 Å². The molecular formula is C16H21N3O. The van der Waals surface area contributed by atoms with Gasteiger partial charge in [0.05, 0.1) is 12.6 Å². The molecule has 20 heavy (non-hydrogen) atoms. The topological polar surface area (TPSA) is 41.3 Å². The maximum Gasteiger partial charge on any atom is 0.122 e. The van der Waals surface area contributed by atoms with Gasteiger partial charge in [-0.2, -0.15) is 0 Å². The second-order valence-corrected chi connectivity index (χ2v) is 5.38. The van der Waals surface area contributed by atoms with Gasteiger partial charge >= 0.3 is 0 Å². The van der Waals surface area contributed by atoms with Gasteiger partial charge in [-0.3, -0.25) is 4.90 Å². The first-order valence-corrected chi connectivity index (χ1v) is 7.25. The molecule has 4 nitrogen and oxygen atoms in total. The van der Waals surface area contributed by atoms with E-state index in [0.29, 0.717) is 6.54 Å². The highest BCUT2D eigenvalue weighted by molar-refractivity contribution is 5.24. The monoisotopic (exact) mass is 271 g/mol. The second kappa shape index (κ2) is 5.77. The van der Waals surface area contributed by atoms with Crippen LogP contribution in [-0.4, -0.2) is 32.6 Å². The zero-order valence-corrected chi connectivity index (χ0v) is 11.9. The Morgan fingerprint density at radius 3 is 2.80 bits per heavy atom. The van der Waals surface area contributed by atoms with Gasteiger partial charge in [-0.1, -0.05) is 31.2 Å². The van der Waals surface area contributed by atoms with Crippen LogP contribution in [0.15, 0.2) is 36.7 Å². The molecule has 0 fully saturated rings. The number of rotatable bonds is 4. The highest BCUT2D eigenvalue weighted by Gasteiger charge is 2.19. The Hall–Kier alpha value is -1.65. The van der Waals surface area contributed by atoms with Gasteiger partial charge in [0.2, 0.25) is 0 Å². The number of hydrogen-bond donors (Lipinski definition) is 1. The molecule has 1 aromatic carbocycles. The molecule has 1 N–H and O–H groups in total. The zero-order valence-electron chi connectivity index (χ0n) is 11.9. The van der Waals surface area contributed by atoms with Crippen LogP contribution in [0.25, 0.3) is 0 Å². The van der Waals surface area contributed by atoms with E-state index in [0.717, 1.165) is 37.4 Å². The van der Waals surface area contributed by atoms with E-state index in [1.165, 1.54) is 5.56 Å². The number of aromatic nitrogens is 2. The summed E-state index contributed by atoms with van der Waals surface area (Å²) >= 11 is 0. The third-order valence-electron chi connectivity index (χ3n) is 4.03. The molecule has 3 rings (SSSR count). The molecule has 1 aliphatic heterocycles. The molecule has 106 valence electrons. The van der Waals surface area contributed by atoms with Crippen molar-refractivity contribution in [3.05, 3.63) is 53.6 Å². The molecule has 0 amide bonds. The maximum absolute atomic E-state index is 10.4. The Morgan fingerprint density at radius 1 is 1.25 bits per heavy atom. The first-order chi connectivity index (χ1) is 9.76. The second-order valence-electron chi connectivity index (χ2n) is 5.38. The Bertz CT molecular complexity index is 561. The van der Waals surface area contributed by atoms with E-state index in [9.17, 15) is 5.11 Å². The van der Waals surface area contributed by atoms with Gasteiger partial charge in [0, 0.05) is 32.0 Å². The molecule has 1 aromatic heterocycles. The van der Waals surface area contributed by atoms with Crippen molar-refractivity contribution >= 4 is 0 Å². The molecule has 1 unspecified atom stereocenters. The number of aliphatic hydroxyl groups is 1. The molecule has 4 heteroatoms. The summed E-state index contributed by atoms with van der Waals surface area (Å²) in [6, 6.07) is 8.27. The van der Waals surface area contributed by atoms with E-state index in [1.807, 2.05) is 24.5 Å². The van der Waals surface area contributed by atoms with Crippen molar-refractivity contribution in [2.24, 2.45) is 0 Å². The van der Waals surface area contributed by atoms with E-state index in [4.69, 9.17) is 0 Å². The van der Waals surface area contributed by atoms with E-state index >= 15 is 0 Å². The van der Waals surface area contributed by atoms with Crippen molar-refractivity contribution in [2.75, 3.05) is 13.1 Å². The number of hydrogen-bond acceptors (Lipinski definition) is 3. The Balaban J connectivity index is 1.63. The van der Waals surface area contributed by atoms with Gasteiger partial charge in [0.1, 0.15) is 5.82 Å². The standard InChI is InChI=1S/C16H21N3O/c1-2-13-3-5-14(6-4-13)15(20)11-18-9-10-19-8-7-17-16(19)12-18/h3-8,15,20H,2,9-12H2,1H3. The van der Waals surface area contributed by atoms with E-state index in [1.54, 1.807) is 0 Å². The number of β-amino-alcohol motifs (C(OH)–C–C–N with tert-alkyl or cyclic N) is 1. The Kier molecular flexibility index (Phi) is 3.85. The fraction of sp³-hybridized carbons (Fsp3) is 0.438. The van der Waals surface area contributed by atoms with E-state index in [-0.39, 0.29) is 0 Å². The largest absolute Gasteiger partial charge is 0.387 e. The van der Waals surface area contributed by atoms with Crippen LogP contribution in [0.1, 0.15) is 30.0 Å². The number of aryl methyl sites for hydroxylation is 1. The first kappa shape index (κ1) is 13.3. The first-order valence-electron chi connectivity index (χ1n) is 7.25. The fourth-order valence-electron chi connectivity index (χ4n) is 2.70. The molecule has 0 aliphatic carbocycles. The van der Waals surface area contributed by atoms with Crippen molar-refractivity contribution in [2.45, 2.75) is 32.5 Å². The summed E-state index contributed by atoms with van der Waals surface area (Å²) in [5.74, 6) is 1.09. The predicted octanol–water partition coefficient (Wildman–Crippen LogP) is 1.99. The molecule has 1 atom stereocenters. The number of aliphatic hydroxyl groups excluding tert-OH is 1. The lowest BCUT2D eigenvalue weighted by Gasteiger charge is -2.29. The van der Waals surface area contributed by atoms with Crippen LogP contribution in [0.5, 0.6) is 0 Å². The number of nitrogens with zero attached hydrogens (tertiary/aromatic N) is 3. The Labute approximate surface area is 119 Å². The van der Waals surface area contributed by atoms with Crippen molar-refractivity contribution in [3.63, 3.8) is 0 Å². The normalized spacial score (nSPS) is 16.9. The van der Waals surface area contributed by atoms with Crippen LogP contribution in [0, 0.1) is 0 Å². The van der Waals surface area contributed by atoms with Gasteiger partial charge in [0.25, 0.3) is 0 Å². The van der Waals surface area contributed by atoms with Gasteiger partial charge in [-0.25, -0.2) is 4.98 Å². The van der Waals surface area contributed by atoms with Crippen LogP contribution in [0.3, 0.4) is 0 Å². The van der Waals surface area contributed by atoms with Crippen LogP contribution in [-0.2, 0) is 19.5 Å². The average molecular weight is 271 g/mol. The quantitative estimate of drug-likeness (QED) is 0.924. The minimum Gasteiger partial charge on any atom is -0.387 e. The Morgan fingerprint density at radius 2 is 2.05 bits per heavy atom. The molecule has 2 aromatic rings. The molecule has 2 heterocycles. The summed E-state index contributed by atoms with van der Waals surface area (Å²) < 4.78 is 2.18. The van der Waals surface area contributed by atoms with Gasteiger partial charge in [0.15, 0.2) is 0 Å².